The highest BCUT2D eigenvalue weighted by molar-refractivity contribution is 7.92. The van der Waals surface area contributed by atoms with Crippen LogP contribution in [0.25, 0.3) is 11.1 Å². The molecule has 1 heterocycles. The zero-order chi connectivity index (χ0) is 24.3. The predicted octanol–water partition coefficient (Wildman–Crippen LogP) is 6.69. The average molecular weight is 517 g/mol. The van der Waals surface area contributed by atoms with Gasteiger partial charge in [0.15, 0.2) is 9.84 Å². The van der Waals surface area contributed by atoms with Gasteiger partial charge in [-0.15, -0.1) is 0 Å². The minimum atomic E-state index is -3.51. The number of nitrogens with zero attached hydrogens (tertiary/aromatic N) is 1. The summed E-state index contributed by atoms with van der Waals surface area (Å²) in [6.45, 7) is 2.86. The van der Waals surface area contributed by atoms with Crippen LogP contribution in [0, 0.1) is 0 Å². The minimum Gasteiger partial charge on any atom is -0.324 e. The number of piperidine rings is 1. The maximum Gasteiger partial charge on any atom is 0.321 e. The first kappa shape index (κ1) is 24.6. The molecule has 0 aliphatic carbocycles. The lowest BCUT2D eigenvalue weighted by Gasteiger charge is -2.31. The number of urea groups is 1. The first-order valence-corrected chi connectivity index (χ1v) is 13.5. The summed E-state index contributed by atoms with van der Waals surface area (Å²) in [5.74, 6) is 0. The molecule has 5 nitrogen and oxygen atoms in total. The molecule has 0 radical (unpaired) electrons. The van der Waals surface area contributed by atoms with Gasteiger partial charge in [0.1, 0.15) is 0 Å². The van der Waals surface area contributed by atoms with E-state index >= 15 is 0 Å². The highest BCUT2D eigenvalue weighted by Crippen LogP contribution is 2.32. The van der Waals surface area contributed by atoms with Gasteiger partial charge in [-0.2, -0.15) is 0 Å². The van der Waals surface area contributed by atoms with Gasteiger partial charge >= 0.3 is 6.03 Å². The van der Waals surface area contributed by atoms with Crippen LogP contribution in [0.3, 0.4) is 0 Å². The lowest BCUT2D eigenvalue weighted by molar-refractivity contribution is 0.200. The fourth-order valence-electron chi connectivity index (χ4n) is 4.14. The normalized spacial score (nSPS) is 14.7. The van der Waals surface area contributed by atoms with Crippen molar-refractivity contribution in [3.8, 4) is 11.1 Å². The first-order valence-electron chi connectivity index (χ1n) is 11.2. The van der Waals surface area contributed by atoms with Crippen LogP contribution in [0.1, 0.15) is 25.3 Å². The SMILES string of the molecule is CCc1ccc(NC(=O)N2CCC(S(=O)(=O)c3ccc(-c4ccc(Cl)cc4Cl)cc3)CC2)cc1. The smallest absolute Gasteiger partial charge is 0.321 e. The number of rotatable bonds is 5. The molecule has 4 rings (SSSR count). The number of sulfone groups is 1. The molecule has 3 aromatic carbocycles. The van der Waals surface area contributed by atoms with Crippen molar-refractivity contribution in [3.05, 3.63) is 82.3 Å². The lowest BCUT2D eigenvalue weighted by Crippen LogP contribution is -2.44. The Morgan fingerprint density at radius 1 is 0.971 bits per heavy atom. The summed E-state index contributed by atoms with van der Waals surface area (Å²) in [7, 11) is -3.51. The third-order valence-electron chi connectivity index (χ3n) is 6.21. The number of anilines is 1. The molecule has 1 aliphatic rings. The molecule has 34 heavy (non-hydrogen) atoms. The van der Waals surface area contributed by atoms with E-state index in [2.05, 4.69) is 12.2 Å². The Morgan fingerprint density at radius 2 is 1.62 bits per heavy atom. The van der Waals surface area contributed by atoms with E-state index in [4.69, 9.17) is 23.2 Å². The fourth-order valence-corrected chi connectivity index (χ4v) is 6.39. The zero-order valence-corrected chi connectivity index (χ0v) is 21.1. The van der Waals surface area contributed by atoms with Crippen molar-refractivity contribution in [2.24, 2.45) is 0 Å². The summed E-state index contributed by atoms with van der Waals surface area (Å²) in [5.41, 5.74) is 3.55. The number of aryl methyl sites for hydroxylation is 1. The van der Waals surface area contributed by atoms with E-state index in [1.54, 1.807) is 41.3 Å². The van der Waals surface area contributed by atoms with E-state index in [0.717, 1.165) is 23.2 Å². The van der Waals surface area contributed by atoms with E-state index in [-0.39, 0.29) is 10.9 Å². The van der Waals surface area contributed by atoms with Crippen LogP contribution in [0.4, 0.5) is 10.5 Å². The summed E-state index contributed by atoms with van der Waals surface area (Å²) in [5, 5.41) is 3.43. The van der Waals surface area contributed by atoms with Gasteiger partial charge in [-0.05, 0) is 66.8 Å². The Hall–Kier alpha value is -2.54. The summed E-state index contributed by atoms with van der Waals surface area (Å²) in [4.78, 5) is 14.6. The average Bonchev–Trinajstić information content (AvgIpc) is 2.85. The molecule has 8 heteroatoms. The molecule has 0 spiro atoms. The summed E-state index contributed by atoms with van der Waals surface area (Å²) >= 11 is 12.2. The van der Waals surface area contributed by atoms with E-state index in [1.807, 2.05) is 30.3 Å². The zero-order valence-electron chi connectivity index (χ0n) is 18.8. The number of amides is 2. The highest BCUT2D eigenvalue weighted by atomic mass is 35.5. The molecular formula is C26H26Cl2N2O3S. The van der Waals surface area contributed by atoms with Crippen molar-refractivity contribution >= 4 is 44.8 Å². The van der Waals surface area contributed by atoms with Gasteiger partial charge in [0.25, 0.3) is 0 Å². The number of hydrogen-bond acceptors (Lipinski definition) is 3. The molecule has 178 valence electrons. The summed E-state index contributed by atoms with van der Waals surface area (Å²) in [6, 6.07) is 19.5. The third-order valence-corrected chi connectivity index (χ3v) is 9.03. The van der Waals surface area contributed by atoms with Crippen molar-refractivity contribution < 1.29 is 13.2 Å². The Labute approximate surface area is 210 Å². The minimum absolute atomic E-state index is 0.204. The monoisotopic (exact) mass is 516 g/mol. The maximum atomic E-state index is 13.2. The Bertz CT molecular complexity index is 1270. The number of carbonyl (C=O) groups is 1. The molecule has 0 bridgehead atoms. The maximum absolute atomic E-state index is 13.2. The van der Waals surface area contributed by atoms with Crippen molar-refractivity contribution in [3.63, 3.8) is 0 Å². The molecule has 1 fully saturated rings. The van der Waals surface area contributed by atoms with E-state index in [9.17, 15) is 13.2 Å². The third kappa shape index (κ3) is 5.40. The Morgan fingerprint density at radius 3 is 2.21 bits per heavy atom. The molecule has 0 aromatic heterocycles. The van der Waals surface area contributed by atoms with Crippen LogP contribution in [-0.2, 0) is 16.3 Å². The summed E-state index contributed by atoms with van der Waals surface area (Å²) in [6.07, 6.45) is 1.73. The number of halogens is 2. The first-order chi connectivity index (χ1) is 16.3. The Kier molecular flexibility index (Phi) is 7.51. The van der Waals surface area contributed by atoms with Gasteiger partial charge in [0.2, 0.25) is 0 Å². The largest absolute Gasteiger partial charge is 0.324 e. The predicted molar refractivity (Wildman–Crippen MR) is 139 cm³/mol. The molecule has 3 aromatic rings. The number of benzene rings is 3. The number of likely N-dealkylation sites (tertiary alicyclic amines) is 1. The van der Waals surface area contributed by atoms with Crippen LogP contribution in [0.5, 0.6) is 0 Å². The van der Waals surface area contributed by atoms with Crippen LogP contribution in [0.15, 0.2) is 71.6 Å². The van der Waals surface area contributed by atoms with E-state index in [1.165, 1.54) is 5.56 Å². The second-order valence-corrected chi connectivity index (χ2v) is 11.4. The fraction of sp³-hybridized carbons (Fsp3) is 0.269. The van der Waals surface area contributed by atoms with Crippen molar-refractivity contribution in [2.75, 3.05) is 18.4 Å². The molecule has 1 saturated heterocycles. The second kappa shape index (κ2) is 10.4. The van der Waals surface area contributed by atoms with Crippen LogP contribution < -0.4 is 5.32 Å². The number of nitrogens with one attached hydrogen (secondary N) is 1. The van der Waals surface area contributed by atoms with Crippen molar-refractivity contribution in [2.45, 2.75) is 36.3 Å². The van der Waals surface area contributed by atoms with Gasteiger partial charge in [-0.3, -0.25) is 0 Å². The van der Waals surface area contributed by atoms with Gasteiger partial charge in [0, 0.05) is 34.4 Å². The molecule has 0 atom stereocenters. The summed E-state index contributed by atoms with van der Waals surface area (Å²) < 4.78 is 26.4. The molecule has 1 N–H and O–H groups in total. The quantitative estimate of drug-likeness (QED) is 0.410. The molecule has 0 saturated carbocycles. The Balaban J connectivity index is 1.38. The van der Waals surface area contributed by atoms with Gasteiger partial charge in [0.05, 0.1) is 10.1 Å². The lowest BCUT2D eigenvalue weighted by atomic mass is 10.1. The number of hydrogen-bond donors (Lipinski definition) is 1. The second-order valence-electron chi connectivity index (χ2n) is 8.36. The molecular weight excluding hydrogens is 491 g/mol. The molecule has 1 aliphatic heterocycles. The van der Waals surface area contributed by atoms with Gasteiger partial charge < -0.3 is 10.2 Å². The van der Waals surface area contributed by atoms with Crippen LogP contribution in [0.2, 0.25) is 10.0 Å². The van der Waals surface area contributed by atoms with Gasteiger partial charge in [-0.1, -0.05) is 60.5 Å². The van der Waals surface area contributed by atoms with E-state index in [0.29, 0.717) is 36.0 Å². The van der Waals surface area contributed by atoms with Crippen molar-refractivity contribution in [1.29, 1.82) is 0 Å². The van der Waals surface area contributed by atoms with Crippen molar-refractivity contribution in [1.82, 2.24) is 4.90 Å². The highest BCUT2D eigenvalue weighted by Gasteiger charge is 2.32. The standard InChI is InChI=1S/C26H26Cl2N2O3S/c1-2-18-3-8-21(9-4-18)29-26(31)30-15-13-23(14-16-30)34(32,33)22-10-5-19(6-11-22)24-12-7-20(27)17-25(24)28/h3-12,17,23H,2,13-16H2,1H3,(H,29,31). The van der Waals surface area contributed by atoms with Gasteiger partial charge in [-0.25, -0.2) is 13.2 Å². The van der Waals surface area contributed by atoms with Crippen LogP contribution in [-0.4, -0.2) is 37.7 Å². The van der Waals surface area contributed by atoms with Crippen LogP contribution >= 0.6 is 23.2 Å². The molecule has 2 amide bonds. The molecule has 0 unspecified atom stereocenters. The topological polar surface area (TPSA) is 66.5 Å². The van der Waals surface area contributed by atoms with E-state index < -0.39 is 15.1 Å². The number of carbonyl (C=O) groups excluding carboxylic acids is 1.